The van der Waals surface area contributed by atoms with Gasteiger partial charge >= 0.3 is 0 Å². The summed E-state index contributed by atoms with van der Waals surface area (Å²) in [7, 11) is 1.80. The molecule has 4 nitrogen and oxygen atoms in total. The minimum atomic E-state index is 0. The zero-order chi connectivity index (χ0) is 18.7. The molecule has 28 heavy (non-hydrogen) atoms. The SMILES string of the molecule is CN=C(NCCc1ccccn1)NCC(c1ccccc1)c1ccccc1.I. The molecule has 0 aliphatic rings. The number of nitrogens with zero attached hydrogens (tertiary/aromatic N) is 2. The molecule has 2 aromatic carbocycles. The van der Waals surface area contributed by atoms with Crippen molar-refractivity contribution in [2.24, 2.45) is 4.99 Å². The highest BCUT2D eigenvalue weighted by molar-refractivity contribution is 14.0. The first-order valence-corrected chi connectivity index (χ1v) is 9.31. The van der Waals surface area contributed by atoms with Gasteiger partial charge in [-0.2, -0.15) is 0 Å². The Bertz CT molecular complexity index is 783. The molecule has 0 radical (unpaired) electrons. The van der Waals surface area contributed by atoms with Crippen LogP contribution in [0, 0.1) is 0 Å². The molecular weight excluding hydrogens is 459 g/mol. The van der Waals surface area contributed by atoms with Crippen LogP contribution in [0.2, 0.25) is 0 Å². The molecule has 2 N–H and O–H groups in total. The minimum absolute atomic E-state index is 0. The van der Waals surface area contributed by atoms with E-state index in [0.29, 0.717) is 0 Å². The fourth-order valence-electron chi connectivity index (χ4n) is 3.07. The van der Waals surface area contributed by atoms with Gasteiger partial charge in [-0.25, -0.2) is 0 Å². The van der Waals surface area contributed by atoms with Crippen molar-refractivity contribution in [1.82, 2.24) is 15.6 Å². The van der Waals surface area contributed by atoms with Crippen LogP contribution < -0.4 is 10.6 Å². The molecule has 0 saturated heterocycles. The second-order valence-corrected chi connectivity index (χ2v) is 6.32. The molecule has 3 rings (SSSR count). The summed E-state index contributed by atoms with van der Waals surface area (Å²) < 4.78 is 0. The number of hydrogen-bond acceptors (Lipinski definition) is 2. The average Bonchev–Trinajstić information content (AvgIpc) is 2.75. The first-order valence-electron chi connectivity index (χ1n) is 9.31. The summed E-state index contributed by atoms with van der Waals surface area (Å²) in [5.74, 6) is 1.07. The first kappa shape index (κ1) is 21.9. The Labute approximate surface area is 184 Å². The molecule has 0 fully saturated rings. The molecule has 0 spiro atoms. The van der Waals surface area contributed by atoms with Crippen molar-refractivity contribution in [2.45, 2.75) is 12.3 Å². The van der Waals surface area contributed by atoms with Crippen molar-refractivity contribution in [2.75, 3.05) is 20.1 Å². The number of nitrogens with one attached hydrogen (secondary N) is 2. The second kappa shape index (κ2) is 12.1. The quantitative estimate of drug-likeness (QED) is 0.299. The van der Waals surface area contributed by atoms with Gasteiger partial charge in [0.1, 0.15) is 0 Å². The van der Waals surface area contributed by atoms with Crippen molar-refractivity contribution < 1.29 is 0 Å². The van der Waals surface area contributed by atoms with E-state index in [1.54, 1.807) is 7.05 Å². The number of rotatable bonds is 7. The van der Waals surface area contributed by atoms with E-state index in [4.69, 9.17) is 0 Å². The Morgan fingerprint density at radius 1 is 0.857 bits per heavy atom. The molecule has 5 heteroatoms. The van der Waals surface area contributed by atoms with Gasteiger partial charge in [-0.05, 0) is 23.3 Å². The summed E-state index contributed by atoms with van der Waals surface area (Å²) in [5, 5.41) is 6.85. The van der Waals surface area contributed by atoms with Crippen LogP contribution in [0.3, 0.4) is 0 Å². The zero-order valence-electron chi connectivity index (χ0n) is 16.1. The van der Waals surface area contributed by atoms with E-state index in [1.807, 2.05) is 24.4 Å². The summed E-state index contributed by atoms with van der Waals surface area (Å²) in [4.78, 5) is 8.71. The maximum Gasteiger partial charge on any atom is 0.191 e. The molecule has 0 unspecified atom stereocenters. The van der Waals surface area contributed by atoms with Gasteiger partial charge in [0.15, 0.2) is 5.96 Å². The lowest BCUT2D eigenvalue weighted by atomic mass is 9.91. The fourth-order valence-corrected chi connectivity index (χ4v) is 3.07. The normalized spacial score (nSPS) is 11.0. The predicted molar refractivity (Wildman–Crippen MR) is 127 cm³/mol. The molecule has 0 amide bonds. The molecule has 146 valence electrons. The van der Waals surface area contributed by atoms with Gasteiger partial charge < -0.3 is 10.6 Å². The third kappa shape index (κ3) is 6.64. The van der Waals surface area contributed by atoms with E-state index in [0.717, 1.165) is 31.2 Å². The van der Waals surface area contributed by atoms with Crippen LogP contribution in [-0.4, -0.2) is 31.1 Å². The molecule has 1 heterocycles. The molecule has 0 atom stereocenters. The molecule has 3 aromatic rings. The molecule has 0 aliphatic carbocycles. The van der Waals surface area contributed by atoms with Crippen LogP contribution >= 0.6 is 24.0 Å². The van der Waals surface area contributed by atoms with E-state index in [1.165, 1.54) is 11.1 Å². The highest BCUT2D eigenvalue weighted by atomic mass is 127. The summed E-state index contributed by atoms with van der Waals surface area (Å²) >= 11 is 0. The Kier molecular flexibility index (Phi) is 9.48. The lowest BCUT2D eigenvalue weighted by molar-refractivity contribution is 0.723. The summed E-state index contributed by atoms with van der Waals surface area (Å²) in [6, 6.07) is 27.2. The Balaban J connectivity index is 0.00000280. The van der Waals surface area contributed by atoms with Crippen LogP contribution in [0.1, 0.15) is 22.7 Å². The number of guanidine groups is 1. The first-order chi connectivity index (χ1) is 13.4. The maximum atomic E-state index is 4.35. The van der Waals surface area contributed by atoms with Gasteiger partial charge in [0.25, 0.3) is 0 Å². The summed E-state index contributed by atoms with van der Waals surface area (Å²) in [6.07, 6.45) is 2.69. The number of hydrogen-bond donors (Lipinski definition) is 2. The Morgan fingerprint density at radius 2 is 1.46 bits per heavy atom. The van der Waals surface area contributed by atoms with E-state index < -0.39 is 0 Å². The van der Waals surface area contributed by atoms with Gasteiger partial charge in [0.05, 0.1) is 0 Å². The fraction of sp³-hybridized carbons (Fsp3) is 0.217. The molecule has 0 bridgehead atoms. The number of aromatic nitrogens is 1. The lowest BCUT2D eigenvalue weighted by Gasteiger charge is -2.20. The van der Waals surface area contributed by atoms with Gasteiger partial charge in [-0.1, -0.05) is 66.7 Å². The number of benzene rings is 2. The van der Waals surface area contributed by atoms with E-state index in [2.05, 4.69) is 81.3 Å². The monoisotopic (exact) mass is 486 g/mol. The lowest BCUT2D eigenvalue weighted by Crippen LogP contribution is -2.40. The van der Waals surface area contributed by atoms with Crippen LogP contribution in [0.5, 0.6) is 0 Å². The van der Waals surface area contributed by atoms with E-state index in [9.17, 15) is 0 Å². The Morgan fingerprint density at radius 3 is 2.00 bits per heavy atom. The van der Waals surface area contributed by atoms with Crippen molar-refractivity contribution >= 4 is 29.9 Å². The second-order valence-electron chi connectivity index (χ2n) is 6.32. The van der Waals surface area contributed by atoms with E-state index in [-0.39, 0.29) is 29.9 Å². The minimum Gasteiger partial charge on any atom is -0.356 e. The third-order valence-corrected chi connectivity index (χ3v) is 4.50. The number of pyridine rings is 1. The largest absolute Gasteiger partial charge is 0.356 e. The van der Waals surface area contributed by atoms with Gasteiger partial charge in [-0.15, -0.1) is 24.0 Å². The van der Waals surface area contributed by atoms with Crippen LogP contribution in [0.15, 0.2) is 90.1 Å². The Hall–Kier alpha value is -2.41. The van der Waals surface area contributed by atoms with Gasteiger partial charge in [-0.3, -0.25) is 9.98 Å². The summed E-state index contributed by atoms with van der Waals surface area (Å²) in [6.45, 7) is 1.56. The zero-order valence-corrected chi connectivity index (χ0v) is 18.4. The summed E-state index contributed by atoms with van der Waals surface area (Å²) in [5.41, 5.74) is 3.66. The van der Waals surface area contributed by atoms with Crippen molar-refractivity contribution in [1.29, 1.82) is 0 Å². The van der Waals surface area contributed by atoms with Crippen molar-refractivity contribution in [3.05, 3.63) is 102 Å². The van der Waals surface area contributed by atoms with Gasteiger partial charge in [0.2, 0.25) is 0 Å². The molecule has 0 saturated carbocycles. The predicted octanol–water partition coefficient (Wildman–Crippen LogP) is 4.24. The van der Waals surface area contributed by atoms with Crippen molar-refractivity contribution in [3.8, 4) is 0 Å². The highest BCUT2D eigenvalue weighted by Gasteiger charge is 2.14. The van der Waals surface area contributed by atoms with Crippen LogP contribution in [0.4, 0.5) is 0 Å². The smallest absolute Gasteiger partial charge is 0.191 e. The average molecular weight is 486 g/mol. The van der Waals surface area contributed by atoms with Crippen molar-refractivity contribution in [3.63, 3.8) is 0 Å². The maximum absolute atomic E-state index is 4.35. The van der Waals surface area contributed by atoms with Crippen LogP contribution in [-0.2, 0) is 6.42 Å². The number of aliphatic imine (C=N–C) groups is 1. The molecule has 1 aromatic heterocycles. The number of halogens is 1. The molecule has 0 aliphatic heterocycles. The standard InChI is InChI=1S/C23H26N4.HI/c1-24-23(26-17-15-21-14-8-9-16-25-21)27-18-22(19-10-4-2-5-11-19)20-12-6-3-7-13-20;/h2-14,16,22H,15,17-18H2,1H3,(H2,24,26,27);1H. The third-order valence-electron chi connectivity index (χ3n) is 4.50. The molecular formula is C23H27IN4. The van der Waals surface area contributed by atoms with E-state index >= 15 is 0 Å². The van der Waals surface area contributed by atoms with Crippen LogP contribution in [0.25, 0.3) is 0 Å². The highest BCUT2D eigenvalue weighted by Crippen LogP contribution is 2.23. The van der Waals surface area contributed by atoms with Gasteiger partial charge in [0, 0.05) is 44.4 Å². The topological polar surface area (TPSA) is 49.3 Å².